The third kappa shape index (κ3) is 2.79. The van der Waals surface area contributed by atoms with Crippen LogP contribution < -0.4 is 5.32 Å². The van der Waals surface area contributed by atoms with Crippen LogP contribution in [0.25, 0.3) is 0 Å². The van der Waals surface area contributed by atoms with Gasteiger partial charge in [0.2, 0.25) is 11.8 Å². The Hall–Kier alpha value is -2.47. The van der Waals surface area contributed by atoms with Crippen LogP contribution >= 0.6 is 23.1 Å². The Balaban J connectivity index is 1.53. The molecule has 0 aliphatic carbocycles. The molecule has 0 saturated carbocycles. The van der Waals surface area contributed by atoms with Crippen molar-refractivity contribution in [1.82, 2.24) is 30.8 Å². The molecule has 2 saturated heterocycles. The second kappa shape index (κ2) is 6.30. The van der Waals surface area contributed by atoms with Crippen LogP contribution in [0.2, 0.25) is 0 Å². The van der Waals surface area contributed by atoms with Crippen LogP contribution in [0, 0.1) is 0 Å². The number of nitrogens with one attached hydrogen (secondary N) is 2. The van der Waals surface area contributed by atoms with Crippen LogP contribution in [0.5, 0.6) is 0 Å². The summed E-state index contributed by atoms with van der Waals surface area (Å²) in [7, 11) is 0. The van der Waals surface area contributed by atoms with Gasteiger partial charge in [0.05, 0.1) is 0 Å². The molecule has 10 nitrogen and oxygen atoms in total. The molecule has 2 aliphatic heterocycles. The fraction of sp³-hybridized carbons (Fsp3) is 0.467. The van der Waals surface area contributed by atoms with Crippen molar-refractivity contribution in [3.8, 4) is 0 Å². The minimum absolute atomic E-state index is 0.282. The van der Waals surface area contributed by atoms with Crippen molar-refractivity contribution in [2.75, 3.05) is 0 Å². The summed E-state index contributed by atoms with van der Waals surface area (Å²) in [6, 6.07) is 0.440. The molecule has 2 aromatic heterocycles. The highest BCUT2D eigenvalue weighted by molar-refractivity contribution is 8.01. The van der Waals surface area contributed by atoms with Gasteiger partial charge in [-0.1, -0.05) is 5.21 Å². The lowest BCUT2D eigenvalue weighted by Crippen LogP contribution is -2.68. The molecule has 4 atom stereocenters. The van der Waals surface area contributed by atoms with E-state index in [1.807, 2.05) is 13.8 Å². The first kappa shape index (κ1) is 17.9. The number of carbonyl (C=O) groups is 3. The van der Waals surface area contributed by atoms with Crippen LogP contribution in [-0.2, 0) is 14.4 Å². The topological polar surface area (TPSA) is 141 Å². The van der Waals surface area contributed by atoms with Crippen LogP contribution in [0.3, 0.4) is 0 Å². The van der Waals surface area contributed by atoms with Gasteiger partial charge in [-0.25, -0.2) is 0 Å². The summed E-state index contributed by atoms with van der Waals surface area (Å²) in [5.74, 6) is -3.16. The molecule has 4 rings (SSSR count). The van der Waals surface area contributed by atoms with Crippen LogP contribution in [0.15, 0.2) is 16.8 Å². The average molecular weight is 408 g/mol. The molecule has 27 heavy (non-hydrogen) atoms. The highest BCUT2D eigenvalue weighted by atomic mass is 32.2. The van der Waals surface area contributed by atoms with Crippen LogP contribution in [0.4, 0.5) is 0 Å². The molecule has 4 unspecified atom stereocenters. The Morgan fingerprint density at radius 2 is 2.22 bits per heavy atom. The minimum atomic E-state index is -1.34. The first-order valence-electron chi connectivity index (χ1n) is 8.10. The molecule has 2 aromatic rings. The number of β-lactam (4-membered cyclic amide) rings is 1. The predicted molar refractivity (Wildman–Crippen MR) is 95.8 cm³/mol. The molecule has 0 bridgehead atoms. The standard InChI is InChI=1S/C15H16N6O4S2/c1-15(2)9(10-17-19-20-18-10)21-12(23)8(13(21)27-15)16-11(22)7(14(24)25)6-3-4-26-5-6/h3-5,7-9,13H,1-2H3,(H,16,22)(H,24,25)(H,17,18,19,20). The number of nitrogens with zero attached hydrogens (tertiary/aromatic N) is 4. The van der Waals surface area contributed by atoms with Crippen molar-refractivity contribution in [2.45, 2.75) is 42.0 Å². The molecule has 2 aliphatic rings. The maximum Gasteiger partial charge on any atom is 0.320 e. The molecule has 12 heteroatoms. The number of hydrogen-bond acceptors (Lipinski definition) is 8. The van der Waals surface area contributed by atoms with Crippen molar-refractivity contribution in [3.05, 3.63) is 28.2 Å². The van der Waals surface area contributed by atoms with Gasteiger partial charge >= 0.3 is 5.97 Å². The molecule has 4 heterocycles. The van der Waals surface area contributed by atoms with Gasteiger partial charge in [-0.2, -0.15) is 16.6 Å². The Morgan fingerprint density at radius 1 is 1.44 bits per heavy atom. The lowest BCUT2D eigenvalue weighted by molar-refractivity contribution is -0.153. The quantitative estimate of drug-likeness (QED) is 0.475. The van der Waals surface area contributed by atoms with E-state index in [4.69, 9.17) is 0 Å². The second-order valence-electron chi connectivity index (χ2n) is 6.84. The summed E-state index contributed by atoms with van der Waals surface area (Å²) in [5.41, 5.74) is 0.401. The predicted octanol–water partition coefficient (Wildman–Crippen LogP) is 0.349. The van der Waals surface area contributed by atoms with Gasteiger partial charge in [0, 0.05) is 4.75 Å². The van der Waals surface area contributed by atoms with E-state index in [9.17, 15) is 19.5 Å². The number of aliphatic carboxylic acids is 1. The number of tetrazole rings is 1. The highest BCUT2D eigenvalue weighted by Crippen LogP contribution is 2.56. The van der Waals surface area contributed by atoms with E-state index in [-0.39, 0.29) is 22.1 Å². The smallest absolute Gasteiger partial charge is 0.320 e. The van der Waals surface area contributed by atoms with Crippen molar-refractivity contribution in [3.63, 3.8) is 0 Å². The van der Waals surface area contributed by atoms with Crippen molar-refractivity contribution >= 4 is 40.9 Å². The largest absolute Gasteiger partial charge is 0.480 e. The van der Waals surface area contributed by atoms with Gasteiger partial charge in [0.1, 0.15) is 17.5 Å². The molecule has 3 N–H and O–H groups in total. The zero-order chi connectivity index (χ0) is 19.3. The Labute approximate surface area is 161 Å². The Morgan fingerprint density at radius 3 is 2.81 bits per heavy atom. The number of carbonyl (C=O) groups excluding carboxylic acids is 2. The number of amides is 2. The third-order valence-electron chi connectivity index (χ3n) is 4.73. The normalized spacial score (nSPS) is 27.0. The average Bonchev–Trinajstić information content (AvgIpc) is 3.32. The number of hydrogen-bond donors (Lipinski definition) is 3. The summed E-state index contributed by atoms with van der Waals surface area (Å²) in [6.07, 6.45) is 0. The SMILES string of the molecule is CC1(C)SC2C(NC(=O)C(C(=O)O)c3ccsc3)C(=O)N2C1c1nn[nH]n1. The number of fused-ring (bicyclic) bond motifs is 1. The van der Waals surface area contributed by atoms with Crippen molar-refractivity contribution < 1.29 is 19.5 Å². The lowest BCUT2D eigenvalue weighted by atomic mass is 9.94. The zero-order valence-electron chi connectivity index (χ0n) is 14.3. The summed E-state index contributed by atoms with van der Waals surface area (Å²) in [5, 5.41) is 29.0. The number of carboxylic acid groups (broad SMARTS) is 1. The fourth-order valence-electron chi connectivity index (χ4n) is 3.53. The Kier molecular flexibility index (Phi) is 4.18. The first-order valence-corrected chi connectivity index (χ1v) is 9.92. The van der Waals surface area contributed by atoms with Gasteiger partial charge in [0.15, 0.2) is 11.7 Å². The second-order valence-corrected chi connectivity index (χ2v) is 9.40. The minimum Gasteiger partial charge on any atom is -0.480 e. The summed E-state index contributed by atoms with van der Waals surface area (Å²) >= 11 is 2.83. The number of thioether (sulfide) groups is 1. The maximum atomic E-state index is 12.7. The maximum absolute atomic E-state index is 12.7. The van der Waals surface area contributed by atoms with Crippen LogP contribution in [0.1, 0.15) is 37.2 Å². The molecule has 0 aromatic carbocycles. The number of rotatable bonds is 5. The summed E-state index contributed by atoms with van der Waals surface area (Å²) in [6.45, 7) is 3.93. The summed E-state index contributed by atoms with van der Waals surface area (Å²) < 4.78 is -0.386. The van der Waals surface area contributed by atoms with Crippen molar-refractivity contribution in [2.24, 2.45) is 0 Å². The van der Waals surface area contributed by atoms with Gasteiger partial charge in [-0.3, -0.25) is 14.4 Å². The van der Waals surface area contributed by atoms with Gasteiger partial charge in [0.25, 0.3) is 0 Å². The molecule has 0 radical (unpaired) electrons. The van der Waals surface area contributed by atoms with Gasteiger partial charge in [-0.15, -0.1) is 22.0 Å². The van der Waals surface area contributed by atoms with E-state index in [0.717, 1.165) is 0 Å². The molecular weight excluding hydrogens is 392 g/mol. The van der Waals surface area contributed by atoms with Gasteiger partial charge < -0.3 is 15.3 Å². The number of thiophene rings is 1. The molecule has 142 valence electrons. The van der Waals surface area contributed by atoms with Crippen molar-refractivity contribution in [1.29, 1.82) is 0 Å². The molecule has 0 spiro atoms. The van der Waals surface area contributed by atoms with E-state index in [1.54, 1.807) is 21.7 Å². The lowest BCUT2D eigenvalue weighted by Gasteiger charge is -2.44. The summed E-state index contributed by atoms with van der Waals surface area (Å²) in [4.78, 5) is 38.5. The zero-order valence-corrected chi connectivity index (χ0v) is 16.0. The number of carboxylic acids is 1. The van der Waals surface area contributed by atoms with Crippen LogP contribution in [-0.4, -0.2) is 64.6 Å². The number of aromatic amines is 1. The first-order chi connectivity index (χ1) is 12.8. The molecular formula is C15H16N6O4S2. The molecule has 2 amide bonds. The van der Waals surface area contributed by atoms with E-state index in [2.05, 4.69) is 25.9 Å². The fourth-order valence-corrected chi connectivity index (χ4v) is 5.85. The molecule has 2 fully saturated rings. The van der Waals surface area contributed by atoms with E-state index < -0.39 is 23.8 Å². The number of aromatic nitrogens is 4. The van der Waals surface area contributed by atoms with E-state index >= 15 is 0 Å². The monoisotopic (exact) mass is 408 g/mol. The highest BCUT2D eigenvalue weighted by Gasteiger charge is 2.63. The van der Waals surface area contributed by atoms with Gasteiger partial charge in [-0.05, 0) is 36.2 Å². The number of H-pyrrole nitrogens is 1. The van der Waals surface area contributed by atoms with E-state index in [0.29, 0.717) is 11.4 Å². The Bertz CT molecular complexity index is 884. The van der Waals surface area contributed by atoms with E-state index in [1.165, 1.54) is 23.1 Å². The third-order valence-corrected chi connectivity index (χ3v) is 7.00.